The molecule has 2 aliphatic rings. The van der Waals surface area contributed by atoms with Gasteiger partial charge in [0.15, 0.2) is 0 Å². The molecule has 0 spiro atoms. The fraction of sp³-hybridized carbons (Fsp3) is 0.400. The first-order chi connectivity index (χ1) is 15.1. The maximum atomic E-state index is 13.5. The van der Waals surface area contributed by atoms with Gasteiger partial charge >= 0.3 is 6.03 Å². The molecule has 5 rings (SSSR count). The highest BCUT2D eigenvalue weighted by Gasteiger charge is 2.36. The molecule has 162 valence electrons. The predicted molar refractivity (Wildman–Crippen MR) is 130 cm³/mol. The molecule has 1 N–H and O–H groups in total. The zero-order chi connectivity index (χ0) is 21.5. The van der Waals surface area contributed by atoms with Gasteiger partial charge in [0, 0.05) is 27.6 Å². The second kappa shape index (κ2) is 8.40. The lowest BCUT2D eigenvalue weighted by Crippen LogP contribution is -2.44. The first-order valence-electron chi connectivity index (χ1n) is 11.1. The van der Waals surface area contributed by atoms with Crippen LogP contribution in [-0.2, 0) is 19.4 Å². The van der Waals surface area contributed by atoms with Gasteiger partial charge in [-0.05, 0) is 81.2 Å². The third-order valence-corrected chi connectivity index (χ3v) is 8.36. The number of nitrogens with one attached hydrogen (secondary N) is 1. The minimum Gasteiger partial charge on any atom is -0.336 e. The van der Waals surface area contributed by atoms with Gasteiger partial charge in [0.25, 0.3) is 0 Å². The zero-order valence-electron chi connectivity index (χ0n) is 18.4. The van der Waals surface area contributed by atoms with Crippen LogP contribution in [0.25, 0.3) is 5.00 Å². The topological polar surface area (TPSA) is 37.3 Å². The van der Waals surface area contributed by atoms with Crippen LogP contribution in [-0.4, -0.2) is 27.8 Å². The van der Waals surface area contributed by atoms with Gasteiger partial charge in [0.05, 0.1) is 18.3 Å². The van der Waals surface area contributed by atoms with E-state index in [2.05, 4.69) is 58.7 Å². The number of carbonyl (C=O) groups excluding carboxylic acids is 1. The SMILES string of the molecule is CSc1ccc([C@@H]2c3cccn3-c3sc4c(c3CN2C(=O)NC(C)C)CCCC4)cc1. The van der Waals surface area contributed by atoms with Crippen molar-refractivity contribution in [2.24, 2.45) is 0 Å². The largest absolute Gasteiger partial charge is 0.336 e. The van der Waals surface area contributed by atoms with Crippen LogP contribution in [0.2, 0.25) is 0 Å². The van der Waals surface area contributed by atoms with Crippen LogP contribution in [0.4, 0.5) is 4.79 Å². The number of thioether (sulfide) groups is 1. The molecule has 0 fully saturated rings. The van der Waals surface area contributed by atoms with Crippen molar-refractivity contribution in [3.8, 4) is 5.00 Å². The number of rotatable bonds is 3. The molecule has 3 heterocycles. The second-order valence-corrected chi connectivity index (χ2v) is 10.7. The molecule has 0 bridgehead atoms. The van der Waals surface area contributed by atoms with Crippen molar-refractivity contribution in [3.63, 3.8) is 0 Å². The number of thiophene rings is 1. The van der Waals surface area contributed by atoms with Crippen LogP contribution in [0.15, 0.2) is 47.5 Å². The molecule has 31 heavy (non-hydrogen) atoms. The molecule has 1 aromatic carbocycles. The number of hydrogen-bond donors (Lipinski definition) is 1. The molecule has 1 aliphatic carbocycles. The van der Waals surface area contributed by atoms with E-state index in [1.165, 1.54) is 45.2 Å². The molecule has 0 unspecified atom stereocenters. The molecule has 0 radical (unpaired) electrons. The number of nitrogens with zero attached hydrogens (tertiary/aromatic N) is 2. The van der Waals surface area contributed by atoms with E-state index in [1.807, 2.05) is 30.1 Å². The van der Waals surface area contributed by atoms with Crippen LogP contribution in [0.1, 0.15) is 60.0 Å². The number of carbonyl (C=O) groups is 1. The third kappa shape index (κ3) is 3.70. The molecule has 2 aromatic heterocycles. The summed E-state index contributed by atoms with van der Waals surface area (Å²) in [7, 11) is 0. The number of aryl methyl sites for hydroxylation is 1. The fourth-order valence-corrected chi connectivity index (χ4v) is 6.67. The van der Waals surface area contributed by atoms with Gasteiger partial charge in [-0.25, -0.2) is 4.79 Å². The van der Waals surface area contributed by atoms with E-state index in [0.717, 1.165) is 17.7 Å². The van der Waals surface area contributed by atoms with E-state index < -0.39 is 0 Å². The monoisotopic (exact) mass is 451 g/mol. The van der Waals surface area contributed by atoms with Crippen molar-refractivity contribution in [3.05, 3.63) is 69.9 Å². The third-order valence-electron chi connectivity index (χ3n) is 6.28. The van der Waals surface area contributed by atoms with Gasteiger partial charge in [0.1, 0.15) is 5.00 Å². The lowest BCUT2D eigenvalue weighted by Gasteiger charge is -2.32. The predicted octanol–water partition coefficient (Wildman–Crippen LogP) is 6.16. The van der Waals surface area contributed by atoms with Crippen molar-refractivity contribution in [2.75, 3.05) is 6.26 Å². The molecular formula is C25H29N3OS2. The highest BCUT2D eigenvalue weighted by Crippen LogP contribution is 2.44. The smallest absolute Gasteiger partial charge is 0.318 e. The van der Waals surface area contributed by atoms with E-state index in [-0.39, 0.29) is 18.1 Å². The van der Waals surface area contributed by atoms with E-state index >= 15 is 0 Å². The second-order valence-electron chi connectivity index (χ2n) is 8.71. The van der Waals surface area contributed by atoms with Crippen LogP contribution in [0.5, 0.6) is 0 Å². The Labute approximate surface area is 192 Å². The minimum absolute atomic E-state index is 0.00491. The fourth-order valence-electron chi connectivity index (χ4n) is 4.85. The first-order valence-corrected chi connectivity index (χ1v) is 13.1. The molecule has 0 saturated carbocycles. The maximum Gasteiger partial charge on any atom is 0.318 e. The average molecular weight is 452 g/mol. The standard InChI is InChI=1S/C25H29N3OS2/c1-16(2)26-25(29)28-15-20-19-7-4-5-9-22(19)31-24(20)27-14-6-8-21(27)23(28)17-10-12-18(30-3)13-11-17/h6,8,10-14,16,23H,4-5,7,9,15H2,1-3H3,(H,26,29)/t23-/m1/s1. The van der Waals surface area contributed by atoms with Gasteiger partial charge in [-0.2, -0.15) is 0 Å². The molecular weight excluding hydrogens is 422 g/mol. The molecule has 2 amide bonds. The Morgan fingerprint density at radius 2 is 1.90 bits per heavy atom. The number of benzene rings is 1. The first kappa shape index (κ1) is 20.7. The van der Waals surface area contributed by atoms with Crippen LogP contribution >= 0.6 is 23.1 Å². The van der Waals surface area contributed by atoms with Crippen molar-refractivity contribution >= 4 is 29.1 Å². The van der Waals surface area contributed by atoms with Crippen LogP contribution < -0.4 is 5.32 Å². The van der Waals surface area contributed by atoms with Crippen LogP contribution in [0.3, 0.4) is 0 Å². The molecule has 0 saturated heterocycles. The highest BCUT2D eigenvalue weighted by molar-refractivity contribution is 7.98. The summed E-state index contributed by atoms with van der Waals surface area (Å²) in [5, 5.41) is 4.47. The van der Waals surface area contributed by atoms with Crippen molar-refractivity contribution in [1.82, 2.24) is 14.8 Å². The lowest BCUT2D eigenvalue weighted by molar-refractivity contribution is 0.178. The van der Waals surface area contributed by atoms with Gasteiger partial charge in [-0.15, -0.1) is 23.1 Å². The van der Waals surface area contributed by atoms with E-state index in [0.29, 0.717) is 6.54 Å². The normalized spacial score (nSPS) is 17.7. The van der Waals surface area contributed by atoms with E-state index in [1.54, 1.807) is 11.8 Å². The Hall–Kier alpha value is -2.18. The summed E-state index contributed by atoms with van der Waals surface area (Å²) >= 11 is 3.67. The van der Waals surface area contributed by atoms with Crippen molar-refractivity contribution < 1.29 is 4.79 Å². The van der Waals surface area contributed by atoms with Gasteiger partial charge in [-0.3, -0.25) is 0 Å². The maximum absolute atomic E-state index is 13.5. The Kier molecular flexibility index (Phi) is 5.61. The number of urea groups is 1. The summed E-state index contributed by atoms with van der Waals surface area (Å²) in [5.41, 5.74) is 5.15. The summed E-state index contributed by atoms with van der Waals surface area (Å²) in [6, 6.07) is 13.0. The summed E-state index contributed by atoms with van der Waals surface area (Å²) in [6.45, 7) is 4.70. The Morgan fingerprint density at radius 1 is 1.13 bits per heavy atom. The lowest BCUT2D eigenvalue weighted by atomic mass is 9.95. The molecule has 6 heteroatoms. The molecule has 4 nitrogen and oxygen atoms in total. The number of hydrogen-bond acceptors (Lipinski definition) is 3. The molecule has 1 atom stereocenters. The molecule has 3 aromatic rings. The number of fused-ring (bicyclic) bond motifs is 5. The van der Waals surface area contributed by atoms with Crippen molar-refractivity contribution in [1.29, 1.82) is 0 Å². The minimum atomic E-state index is -0.122. The Balaban J connectivity index is 1.68. The van der Waals surface area contributed by atoms with Gasteiger partial charge < -0.3 is 14.8 Å². The average Bonchev–Trinajstić information content (AvgIpc) is 3.35. The number of aromatic nitrogens is 1. The van der Waals surface area contributed by atoms with Crippen molar-refractivity contribution in [2.45, 2.75) is 63.1 Å². The summed E-state index contributed by atoms with van der Waals surface area (Å²) in [6.07, 6.45) is 9.07. The molecule has 1 aliphatic heterocycles. The number of amides is 2. The van der Waals surface area contributed by atoms with E-state index in [4.69, 9.17) is 0 Å². The van der Waals surface area contributed by atoms with Gasteiger partial charge in [-0.1, -0.05) is 12.1 Å². The van der Waals surface area contributed by atoms with Crippen LogP contribution in [0, 0.1) is 0 Å². The Bertz CT molecular complexity index is 1100. The quantitative estimate of drug-likeness (QED) is 0.484. The summed E-state index contributed by atoms with van der Waals surface area (Å²) in [5.74, 6) is 0. The summed E-state index contributed by atoms with van der Waals surface area (Å²) in [4.78, 5) is 18.3. The summed E-state index contributed by atoms with van der Waals surface area (Å²) < 4.78 is 2.34. The highest BCUT2D eigenvalue weighted by atomic mass is 32.2. The zero-order valence-corrected chi connectivity index (χ0v) is 20.0. The van der Waals surface area contributed by atoms with E-state index in [9.17, 15) is 4.79 Å². The Morgan fingerprint density at radius 3 is 2.65 bits per heavy atom. The van der Waals surface area contributed by atoms with Gasteiger partial charge in [0.2, 0.25) is 0 Å².